The average Bonchev–Trinajstić information content (AvgIpc) is 2.35. The smallest absolute Gasteiger partial charge is 0.167 e. The van der Waals surface area contributed by atoms with Crippen molar-refractivity contribution in [1.29, 1.82) is 0 Å². The lowest BCUT2D eigenvalue weighted by Gasteiger charge is -2.09. The van der Waals surface area contributed by atoms with Crippen molar-refractivity contribution in [3.8, 4) is 5.75 Å². The Hall–Kier alpha value is -1.39. The highest BCUT2D eigenvalue weighted by molar-refractivity contribution is 7.99. The number of methoxy groups -OCH3 is 1. The number of halogens is 2. The summed E-state index contributed by atoms with van der Waals surface area (Å²) in [6.07, 6.45) is 0. The van der Waals surface area contributed by atoms with Crippen molar-refractivity contribution < 1.29 is 9.13 Å². The lowest BCUT2D eigenvalue weighted by atomic mass is 10.3. The molecule has 0 aliphatic rings. The fourth-order valence-corrected chi connectivity index (χ4v) is 2.58. The minimum Gasteiger partial charge on any atom is -0.494 e. The van der Waals surface area contributed by atoms with Crippen molar-refractivity contribution in [3.63, 3.8) is 0 Å². The summed E-state index contributed by atoms with van der Waals surface area (Å²) in [5.41, 5.74) is 6.14. The molecule has 2 aromatic rings. The second-order valence-corrected chi connectivity index (χ2v) is 5.05. The van der Waals surface area contributed by atoms with Crippen LogP contribution in [0.25, 0.3) is 0 Å². The van der Waals surface area contributed by atoms with E-state index in [4.69, 9.17) is 22.1 Å². The third-order valence-corrected chi connectivity index (χ3v) is 3.93. The average molecular weight is 284 g/mol. The number of hydrogen-bond acceptors (Lipinski definition) is 3. The van der Waals surface area contributed by atoms with Gasteiger partial charge >= 0.3 is 0 Å². The highest BCUT2D eigenvalue weighted by atomic mass is 35.5. The van der Waals surface area contributed by atoms with Gasteiger partial charge in [-0.2, -0.15) is 0 Å². The second-order valence-electron chi connectivity index (χ2n) is 3.56. The van der Waals surface area contributed by atoms with Crippen LogP contribution < -0.4 is 10.5 Å². The van der Waals surface area contributed by atoms with E-state index < -0.39 is 5.82 Å². The standard InChI is InChI=1S/C13H11ClFNOS/c1-17-11-7-13(10(16)6-9(11)15)18-12-5-3-2-4-8(12)14/h2-7H,16H2,1H3. The van der Waals surface area contributed by atoms with Gasteiger partial charge in [0.2, 0.25) is 0 Å². The summed E-state index contributed by atoms with van der Waals surface area (Å²) in [6.45, 7) is 0. The zero-order valence-corrected chi connectivity index (χ0v) is 11.2. The van der Waals surface area contributed by atoms with Gasteiger partial charge in [0.25, 0.3) is 0 Å². The Bertz CT molecular complexity index is 577. The number of rotatable bonds is 3. The van der Waals surface area contributed by atoms with Crippen LogP contribution in [-0.2, 0) is 0 Å². The number of benzene rings is 2. The van der Waals surface area contributed by atoms with Crippen LogP contribution in [0.4, 0.5) is 10.1 Å². The summed E-state index contributed by atoms with van der Waals surface area (Å²) in [6, 6.07) is 10.2. The van der Waals surface area contributed by atoms with E-state index in [0.717, 1.165) is 4.90 Å². The summed E-state index contributed by atoms with van der Waals surface area (Å²) in [7, 11) is 1.42. The molecule has 0 atom stereocenters. The number of nitrogens with two attached hydrogens (primary N) is 1. The molecule has 0 unspecified atom stereocenters. The lowest BCUT2D eigenvalue weighted by Crippen LogP contribution is -1.94. The summed E-state index contributed by atoms with van der Waals surface area (Å²) in [5.74, 6) is -0.308. The van der Waals surface area contributed by atoms with Crippen molar-refractivity contribution in [2.45, 2.75) is 9.79 Å². The summed E-state index contributed by atoms with van der Waals surface area (Å²) in [5, 5.41) is 0.630. The molecule has 94 valence electrons. The Morgan fingerprint density at radius 3 is 2.61 bits per heavy atom. The van der Waals surface area contributed by atoms with Gasteiger partial charge in [0.05, 0.1) is 12.1 Å². The number of ether oxygens (including phenoxy) is 1. The van der Waals surface area contributed by atoms with Crippen LogP contribution in [0.3, 0.4) is 0 Å². The monoisotopic (exact) mass is 283 g/mol. The largest absolute Gasteiger partial charge is 0.494 e. The van der Waals surface area contributed by atoms with Crippen LogP contribution in [0, 0.1) is 5.82 Å². The third kappa shape index (κ3) is 2.71. The number of anilines is 1. The van der Waals surface area contributed by atoms with Gasteiger partial charge in [-0.15, -0.1) is 0 Å². The van der Waals surface area contributed by atoms with Crippen molar-refractivity contribution in [2.75, 3.05) is 12.8 Å². The maximum absolute atomic E-state index is 13.4. The first-order valence-corrected chi connectivity index (χ1v) is 6.36. The summed E-state index contributed by atoms with van der Waals surface area (Å²) >= 11 is 7.44. The molecule has 0 aromatic heterocycles. The number of nitrogen functional groups attached to an aromatic ring is 1. The Balaban J connectivity index is 2.38. The Kier molecular flexibility index (Phi) is 3.99. The molecule has 2 nitrogen and oxygen atoms in total. The molecule has 0 radical (unpaired) electrons. The van der Waals surface area contributed by atoms with Crippen LogP contribution in [0.5, 0.6) is 5.75 Å². The normalized spacial score (nSPS) is 10.4. The topological polar surface area (TPSA) is 35.2 Å². The molecular weight excluding hydrogens is 273 g/mol. The lowest BCUT2D eigenvalue weighted by molar-refractivity contribution is 0.385. The van der Waals surface area contributed by atoms with E-state index in [1.165, 1.54) is 24.9 Å². The molecule has 18 heavy (non-hydrogen) atoms. The van der Waals surface area contributed by atoms with E-state index in [-0.39, 0.29) is 5.75 Å². The Labute approximate surface area is 114 Å². The van der Waals surface area contributed by atoms with Gasteiger partial charge in [-0.1, -0.05) is 35.5 Å². The molecule has 2 aromatic carbocycles. The van der Waals surface area contributed by atoms with Crippen LogP contribution in [0.2, 0.25) is 5.02 Å². The van der Waals surface area contributed by atoms with Crippen molar-refractivity contribution in [1.82, 2.24) is 0 Å². The van der Waals surface area contributed by atoms with Crippen molar-refractivity contribution in [2.24, 2.45) is 0 Å². The second kappa shape index (κ2) is 5.50. The zero-order chi connectivity index (χ0) is 13.1. The predicted octanol–water partition coefficient (Wildman–Crippen LogP) is 4.22. The van der Waals surface area contributed by atoms with Crippen LogP contribution in [0.15, 0.2) is 46.2 Å². The summed E-state index contributed by atoms with van der Waals surface area (Å²) < 4.78 is 18.3. The van der Waals surface area contributed by atoms with Gasteiger partial charge in [-0.05, 0) is 18.2 Å². The molecule has 0 heterocycles. The molecule has 2 N–H and O–H groups in total. The molecule has 0 saturated carbocycles. The van der Waals surface area contributed by atoms with Crippen molar-refractivity contribution in [3.05, 3.63) is 47.2 Å². The molecule has 2 rings (SSSR count). The van der Waals surface area contributed by atoms with Gasteiger partial charge in [-0.3, -0.25) is 0 Å². The Morgan fingerprint density at radius 2 is 1.94 bits per heavy atom. The van der Waals surface area contributed by atoms with E-state index in [2.05, 4.69) is 0 Å². The SMILES string of the molecule is COc1cc(Sc2ccccc2Cl)c(N)cc1F. The van der Waals surface area contributed by atoms with E-state index in [9.17, 15) is 4.39 Å². The maximum atomic E-state index is 13.4. The minimum absolute atomic E-state index is 0.166. The van der Waals surface area contributed by atoms with Gasteiger partial charge in [0, 0.05) is 21.5 Å². The summed E-state index contributed by atoms with van der Waals surface area (Å²) in [4.78, 5) is 1.57. The molecule has 0 saturated heterocycles. The van der Waals surface area contributed by atoms with E-state index in [0.29, 0.717) is 15.6 Å². The maximum Gasteiger partial charge on any atom is 0.167 e. The molecule has 5 heteroatoms. The first-order valence-electron chi connectivity index (χ1n) is 5.17. The fourth-order valence-electron chi connectivity index (χ4n) is 1.44. The first-order chi connectivity index (χ1) is 8.61. The fraction of sp³-hybridized carbons (Fsp3) is 0.0769. The highest BCUT2D eigenvalue weighted by Crippen LogP contribution is 2.38. The van der Waals surface area contributed by atoms with Gasteiger partial charge in [0.15, 0.2) is 11.6 Å². The van der Waals surface area contributed by atoms with Gasteiger partial charge in [0.1, 0.15) is 0 Å². The van der Waals surface area contributed by atoms with Crippen molar-refractivity contribution >= 4 is 29.1 Å². The molecule has 0 fully saturated rings. The molecule has 0 amide bonds. The molecule has 0 bridgehead atoms. The molecule has 0 spiro atoms. The quantitative estimate of drug-likeness (QED) is 0.857. The Morgan fingerprint density at radius 1 is 1.22 bits per heavy atom. The van der Waals surface area contributed by atoms with Gasteiger partial charge < -0.3 is 10.5 Å². The third-order valence-electron chi connectivity index (χ3n) is 2.34. The highest BCUT2D eigenvalue weighted by Gasteiger charge is 2.10. The predicted molar refractivity (Wildman–Crippen MR) is 72.9 cm³/mol. The minimum atomic E-state index is -0.474. The van der Waals surface area contributed by atoms with Crippen LogP contribution in [0.1, 0.15) is 0 Å². The molecule has 0 aliphatic heterocycles. The van der Waals surface area contributed by atoms with E-state index in [1.54, 1.807) is 12.1 Å². The van der Waals surface area contributed by atoms with E-state index in [1.807, 2.05) is 18.2 Å². The molecular formula is C13H11ClFNOS. The molecule has 0 aliphatic carbocycles. The van der Waals surface area contributed by atoms with Crippen LogP contribution in [-0.4, -0.2) is 7.11 Å². The van der Waals surface area contributed by atoms with E-state index >= 15 is 0 Å². The first kappa shape index (κ1) is 13.1. The van der Waals surface area contributed by atoms with Crippen LogP contribution >= 0.6 is 23.4 Å². The zero-order valence-electron chi connectivity index (χ0n) is 9.61. The number of hydrogen-bond donors (Lipinski definition) is 1. The van der Waals surface area contributed by atoms with Gasteiger partial charge in [-0.25, -0.2) is 4.39 Å².